The van der Waals surface area contributed by atoms with Gasteiger partial charge in [-0.3, -0.25) is 4.79 Å². The zero-order valence-electron chi connectivity index (χ0n) is 10.9. The molecule has 0 bridgehead atoms. The van der Waals surface area contributed by atoms with Crippen LogP contribution in [-0.2, 0) is 4.79 Å². The highest BCUT2D eigenvalue weighted by atomic mass is 16.4. The van der Waals surface area contributed by atoms with Gasteiger partial charge in [-0.15, -0.1) is 10.2 Å². The molecule has 0 atom stereocenters. The predicted octanol–water partition coefficient (Wildman–Crippen LogP) is 1.66. The molecule has 1 aromatic heterocycles. The number of aromatic nitrogens is 2. The molecule has 6 heteroatoms. The number of hydrogen-bond donors (Lipinski definition) is 2. The SMILES string of the molecule is CC(C)(CN)C(=O)Nc1ccc(-c2nnco2)cc1. The summed E-state index contributed by atoms with van der Waals surface area (Å²) in [6.07, 6.45) is 1.27. The van der Waals surface area contributed by atoms with Crippen molar-refractivity contribution in [3.05, 3.63) is 30.7 Å². The van der Waals surface area contributed by atoms with Crippen LogP contribution >= 0.6 is 0 Å². The van der Waals surface area contributed by atoms with E-state index < -0.39 is 5.41 Å². The van der Waals surface area contributed by atoms with Gasteiger partial charge in [0.25, 0.3) is 0 Å². The average molecular weight is 260 g/mol. The fraction of sp³-hybridized carbons (Fsp3) is 0.308. The van der Waals surface area contributed by atoms with Gasteiger partial charge in [0.15, 0.2) is 0 Å². The summed E-state index contributed by atoms with van der Waals surface area (Å²) in [7, 11) is 0. The van der Waals surface area contributed by atoms with Crippen molar-refractivity contribution in [3.63, 3.8) is 0 Å². The van der Waals surface area contributed by atoms with Crippen LogP contribution in [0.3, 0.4) is 0 Å². The normalized spacial score (nSPS) is 11.3. The molecule has 100 valence electrons. The lowest BCUT2D eigenvalue weighted by atomic mass is 9.92. The van der Waals surface area contributed by atoms with Crippen molar-refractivity contribution in [2.75, 3.05) is 11.9 Å². The highest BCUT2D eigenvalue weighted by Crippen LogP contribution is 2.21. The zero-order valence-corrected chi connectivity index (χ0v) is 10.9. The lowest BCUT2D eigenvalue weighted by molar-refractivity contribution is -0.123. The van der Waals surface area contributed by atoms with Crippen molar-refractivity contribution >= 4 is 11.6 Å². The van der Waals surface area contributed by atoms with Crippen molar-refractivity contribution < 1.29 is 9.21 Å². The van der Waals surface area contributed by atoms with E-state index in [0.717, 1.165) is 5.56 Å². The average Bonchev–Trinajstić information content (AvgIpc) is 2.93. The van der Waals surface area contributed by atoms with Gasteiger partial charge in [-0.2, -0.15) is 0 Å². The molecule has 19 heavy (non-hydrogen) atoms. The Morgan fingerprint density at radius 2 is 2.05 bits per heavy atom. The fourth-order valence-corrected chi connectivity index (χ4v) is 1.39. The molecule has 1 aromatic carbocycles. The summed E-state index contributed by atoms with van der Waals surface area (Å²) in [5.74, 6) is 0.334. The van der Waals surface area contributed by atoms with Crippen LogP contribution in [0.2, 0.25) is 0 Å². The number of benzene rings is 1. The quantitative estimate of drug-likeness (QED) is 0.871. The second-order valence-electron chi connectivity index (χ2n) is 4.86. The summed E-state index contributed by atoms with van der Waals surface area (Å²) in [5.41, 5.74) is 6.47. The zero-order chi connectivity index (χ0) is 13.9. The summed E-state index contributed by atoms with van der Waals surface area (Å²) in [6, 6.07) is 7.17. The van der Waals surface area contributed by atoms with Gasteiger partial charge in [0.1, 0.15) is 0 Å². The maximum Gasteiger partial charge on any atom is 0.247 e. The minimum Gasteiger partial charge on any atom is -0.423 e. The number of hydrogen-bond acceptors (Lipinski definition) is 5. The van der Waals surface area contributed by atoms with Gasteiger partial charge in [-0.1, -0.05) is 0 Å². The summed E-state index contributed by atoms with van der Waals surface area (Å²) in [4.78, 5) is 11.9. The highest BCUT2D eigenvalue weighted by molar-refractivity contribution is 5.95. The number of carbonyl (C=O) groups excluding carboxylic acids is 1. The first-order valence-corrected chi connectivity index (χ1v) is 5.91. The standard InChI is InChI=1S/C13H16N4O2/c1-13(2,7-14)12(18)16-10-5-3-9(4-6-10)11-17-15-8-19-11/h3-6,8H,7,14H2,1-2H3,(H,16,18). The molecule has 0 unspecified atom stereocenters. The highest BCUT2D eigenvalue weighted by Gasteiger charge is 2.25. The van der Waals surface area contributed by atoms with Crippen molar-refractivity contribution in [2.24, 2.45) is 11.1 Å². The van der Waals surface area contributed by atoms with E-state index in [-0.39, 0.29) is 5.91 Å². The second-order valence-corrected chi connectivity index (χ2v) is 4.86. The number of amides is 1. The smallest absolute Gasteiger partial charge is 0.247 e. The minimum atomic E-state index is -0.592. The van der Waals surface area contributed by atoms with Gasteiger partial charge in [0.05, 0.1) is 5.41 Å². The molecular formula is C13H16N4O2. The minimum absolute atomic E-state index is 0.111. The molecule has 0 fully saturated rings. The molecule has 6 nitrogen and oxygen atoms in total. The fourth-order valence-electron chi connectivity index (χ4n) is 1.39. The van der Waals surface area contributed by atoms with Gasteiger partial charge in [-0.25, -0.2) is 0 Å². The number of anilines is 1. The molecule has 2 rings (SSSR count). The summed E-state index contributed by atoms with van der Waals surface area (Å²) in [6.45, 7) is 3.89. The first-order valence-electron chi connectivity index (χ1n) is 5.91. The third-order valence-corrected chi connectivity index (χ3v) is 2.87. The van der Waals surface area contributed by atoms with E-state index in [1.165, 1.54) is 6.39 Å². The molecular weight excluding hydrogens is 244 g/mol. The molecule has 1 heterocycles. The van der Waals surface area contributed by atoms with Gasteiger partial charge < -0.3 is 15.5 Å². The third kappa shape index (κ3) is 2.97. The topological polar surface area (TPSA) is 94.0 Å². The van der Waals surface area contributed by atoms with E-state index in [1.54, 1.807) is 38.1 Å². The third-order valence-electron chi connectivity index (χ3n) is 2.87. The van der Waals surface area contributed by atoms with E-state index in [1.807, 2.05) is 0 Å². The van der Waals surface area contributed by atoms with E-state index in [2.05, 4.69) is 15.5 Å². The number of nitrogens with zero attached hydrogens (tertiary/aromatic N) is 2. The van der Waals surface area contributed by atoms with Crippen LogP contribution in [0.1, 0.15) is 13.8 Å². The van der Waals surface area contributed by atoms with E-state index in [4.69, 9.17) is 10.2 Å². The Balaban J connectivity index is 2.10. The van der Waals surface area contributed by atoms with Crippen LogP contribution in [-0.4, -0.2) is 22.6 Å². The molecule has 1 amide bonds. The molecule has 0 radical (unpaired) electrons. The molecule has 0 saturated heterocycles. The van der Waals surface area contributed by atoms with Gasteiger partial charge in [-0.05, 0) is 38.1 Å². The van der Waals surface area contributed by atoms with Gasteiger partial charge in [0, 0.05) is 17.8 Å². The lowest BCUT2D eigenvalue weighted by Crippen LogP contribution is -2.37. The Labute approximate surface area is 111 Å². The Bertz CT molecular complexity index is 547. The monoisotopic (exact) mass is 260 g/mol. The maximum absolute atomic E-state index is 11.9. The maximum atomic E-state index is 11.9. The van der Waals surface area contributed by atoms with Crippen LogP contribution in [0.5, 0.6) is 0 Å². The van der Waals surface area contributed by atoms with Crippen molar-refractivity contribution in [2.45, 2.75) is 13.8 Å². The van der Waals surface area contributed by atoms with E-state index >= 15 is 0 Å². The number of carbonyl (C=O) groups is 1. The Kier molecular flexibility index (Phi) is 3.62. The summed E-state index contributed by atoms with van der Waals surface area (Å²) >= 11 is 0. The molecule has 0 aliphatic rings. The first kappa shape index (κ1) is 13.2. The van der Waals surface area contributed by atoms with E-state index in [0.29, 0.717) is 18.1 Å². The van der Waals surface area contributed by atoms with Crippen LogP contribution in [0.25, 0.3) is 11.5 Å². The molecule has 0 aliphatic heterocycles. The summed E-state index contributed by atoms with van der Waals surface area (Å²) < 4.78 is 5.09. The number of nitrogens with one attached hydrogen (secondary N) is 1. The Morgan fingerprint density at radius 3 is 2.58 bits per heavy atom. The van der Waals surface area contributed by atoms with Crippen molar-refractivity contribution in [1.82, 2.24) is 10.2 Å². The Hall–Kier alpha value is -2.21. The van der Waals surface area contributed by atoms with Gasteiger partial charge in [0.2, 0.25) is 18.2 Å². The van der Waals surface area contributed by atoms with Crippen LogP contribution in [0.4, 0.5) is 5.69 Å². The number of rotatable bonds is 4. The molecule has 2 aromatic rings. The molecule has 0 saturated carbocycles. The Morgan fingerprint density at radius 1 is 1.37 bits per heavy atom. The molecule has 0 spiro atoms. The molecule has 0 aliphatic carbocycles. The van der Waals surface area contributed by atoms with Gasteiger partial charge >= 0.3 is 0 Å². The van der Waals surface area contributed by atoms with E-state index in [9.17, 15) is 4.79 Å². The van der Waals surface area contributed by atoms with Crippen molar-refractivity contribution in [1.29, 1.82) is 0 Å². The lowest BCUT2D eigenvalue weighted by Gasteiger charge is -2.21. The second kappa shape index (κ2) is 5.19. The van der Waals surface area contributed by atoms with Crippen molar-refractivity contribution in [3.8, 4) is 11.5 Å². The van der Waals surface area contributed by atoms with Crippen LogP contribution in [0.15, 0.2) is 35.1 Å². The largest absolute Gasteiger partial charge is 0.423 e. The summed E-state index contributed by atoms with van der Waals surface area (Å²) in [5, 5.41) is 10.2. The molecule has 3 N–H and O–H groups in total. The van der Waals surface area contributed by atoms with Crippen LogP contribution in [0, 0.1) is 5.41 Å². The van der Waals surface area contributed by atoms with Crippen LogP contribution < -0.4 is 11.1 Å². The number of nitrogens with two attached hydrogens (primary N) is 1. The first-order chi connectivity index (χ1) is 9.03. The predicted molar refractivity (Wildman–Crippen MR) is 71.2 cm³/mol.